The molecule has 6 rings (SSSR count). The molecule has 2 amide bonds. The minimum atomic E-state index is -5.00. The molecule has 0 aliphatic rings. The SMILES string of the molecule is CC(C)(C)OC(=O)CCCOCC(F)(F)CN.CC(C)(C)OC(=O)CCOCC(F)(F)CNC(=O)N[C@@](Cc1ccccc1)(c1cc(F)cc(OC(F)(F)C(F)F)c1)c1ccc(Cl)cn1.N[C@@](Cc1ccccc1)(c1cc(F)cc(OC(F)(F)C(F)F)c1)c1ccc(Cl)cn1. The molecule has 2 atom stereocenters. The number of carbonyl (C=O) groups excluding carboxylic acids is 3. The van der Waals surface area contributed by atoms with E-state index in [9.17, 15) is 75.8 Å². The number of rotatable bonds is 29. The second-order valence-corrected chi connectivity index (χ2v) is 23.9. The molecule has 4 aromatic carbocycles. The lowest BCUT2D eigenvalue weighted by Gasteiger charge is -2.36. The third-order valence-corrected chi connectivity index (χ3v) is 12.9. The van der Waals surface area contributed by atoms with Crippen LogP contribution in [0.15, 0.2) is 134 Å². The van der Waals surface area contributed by atoms with Gasteiger partial charge in [0.25, 0.3) is 11.8 Å². The number of nitrogens with zero attached hydrogens (tertiary/aromatic N) is 2. The van der Waals surface area contributed by atoms with Gasteiger partial charge in [0.05, 0.1) is 53.1 Å². The number of alkyl halides is 12. The van der Waals surface area contributed by atoms with E-state index in [1.54, 1.807) is 102 Å². The van der Waals surface area contributed by atoms with Crippen molar-refractivity contribution in [2.45, 2.75) is 133 Å². The van der Waals surface area contributed by atoms with E-state index in [1.165, 1.54) is 36.7 Å². The Kier molecular flexibility index (Phi) is 29.3. The Morgan fingerprint density at radius 2 is 1.00 bits per heavy atom. The largest absolute Gasteiger partial charge is 0.461 e. The highest BCUT2D eigenvalue weighted by atomic mass is 35.5. The molecule has 0 fully saturated rings. The van der Waals surface area contributed by atoms with Crippen LogP contribution in [0.25, 0.3) is 0 Å². The van der Waals surface area contributed by atoms with E-state index in [4.69, 9.17) is 53.6 Å². The van der Waals surface area contributed by atoms with Crippen molar-refractivity contribution in [2.24, 2.45) is 11.5 Å². The molecule has 95 heavy (non-hydrogen) atoms. The number of nitrogens with one attached hydrogen (secondary N) is 2. The number of ether oxygens (including phenoxy) is 6. The molecule has 31 heteroatoms. The van der Waals surface area contributed by atoms with Gasteiger partial charge in [-0.05, 0) is 119 Å². The molecule has 6 N–H and O–H groups in total. The zero-order valence-electron chi connectivity index (χ0n) is 51.9. The van der Waals surface area contributed by atoms with Gasteiger partial charge in [-0.25, -0.2) is 31.1 Å². The number of carbonyl (C=O) groups is 3. The van der Waals surface area contributed by atoms with Crippen molar-refractivity contribution in [1.82, 2.24) is 20.6 Å². The number of hydrogen-bond acceptors (Lipinski definition) is 13. The molecule has 0 saturated carbocycles. The van der Waals surface area contributed by atoms with Gasteiger partial charge in [0, 0.05) is 50.4 Å². The normalized spacial score (nSPS) is 13.5. The summed E-state index contributed by atoms with van der Waals surface area (Å²) in [6, 6.07) is 26.2. The molecular formula is C64H70Cl2F14N6O9. The van der Waals surface area contributed by atoms with Gasteiger partial charge in [-0.3, -0.25) is 19.6 Å². The molecule has 2 aromatic heterocycles. The van der Waals surface area contributed by atoms with Crippen LogP contribution < -0.4 is 31.6 Å². The lowest BCUT2D eigenvalue weighted by Crippen LogP contribution is -2.54. The zero-order chi connectivity index (χ0) is 71.2. The van der Waals surface area contributed by atoms with E-state index in [-0.39, 0.29) is 72.4 Å². The molecule has 2 heterocycles. The van der Waals surface area contributed by atoms with E-state index in [1.807, 2.05) is 5.32 Å². The first-order valence-electron chi connectivity index (χ1n) is 28.6. The summed E-state index contributed by atoms with van der Waals surface area (Å²) in [5, 5.41) is 4.98. The van der Waals surface area contributed by atoms with Crippen LogP contribution in [0.4, 0.5) is 66.3 Å². The predicted octanol–water partition coefficient (Wildman–Crippen LogP) is 14.6. The van der Waals surface area contributed by atoms with E-state index >= 15 is 0 Å². The Morgan fingerprint density at radius 3 is 1.46 bits per heavy atom. The quantitative estimate of drug-likeness (QED) is 0.0196. The van der Waals surface area contributed by atoms with Crippen LogP contribution in [0.5, 0.6) is 11.5 Å². The Bertz CT molecular complexity index is 3380. The number of hydrogen-bond donors (Lipinski definition) is 4. The molecular weight excluding hydrogens is 1330 g/mol. The second-order valence-electron chi connectivity index (χ2n) is 23.1. The van der Waals surface area contributed by atoms with Crippen LogP contribution >= 0.6 is 23.2 Å². The first-order chi connectivity index (χ1) is 44.1. The number of benzene rings is 4. The smallest absolute Gasteiger partial charge is 0.460 e. The number of amides is 2. The summed E-state index contributed by atoms with van der Waals surface area (Å²) >= 11 is 11.9. The Morgan fingerprint density at radius 1 is 0.558 bits per heavy atom. The van der Waals surface area contributed by atoms with E-state index in [2.05, 4.69) is 24.8 Å². The summed E-state index contributed by atoms with van der Waals surface area (Å²) in [5.41, 5.74) is 7.81. The topological polar surface area (TPSA) is 208 Å². The van der Waals surface area contributed by atoms with Gasteiger partial charge >= 0.3 is 43.0 Å². The Balaban J connectivity index is 0.000000345. The minimum Gasteiger partial charge on any atom is -0.460 e. The number of aromatic nitrogens is 2. The first kappa shape index (κ1) is 79.9. The summed E-state index contributed by atoms with van der Waals surface area (Å²) < 4.78 is 217. The summed E-state index contributed by atoms with van der Waals surface area (Å²) in [6.45, 7) is 6.05. The van der Waals surface area contributed by atoms with Crippen LogP contribution in [0.1, 0.15) is 94.4 Å². The molecule has 6 aromatic rings. The van der Waals surface area contributed by atoms with Crippen molar-refractivity contribution in [2.75, 3.05) is 39.5 Å². The van der Waals surface area contributed by atoms with Gasteiger partial charge in [0.2, 0.25) is 0 Å². The van der Waals surface area contributed by atoms with Gasteiger partial charge in [-0.1, -0.05) is 83.9 Å². The average Bonchev–Trinajstić information content (AvgIpc) is 0.771. The molecule has 15 nitrogen and oxygen atoms in total. The van der Waals surface area contributed by atoms with Gasteiger partial charge < -0.3 is 50.5 Å². The highest BCUT2D eigenvalue weighted by Crippen LogP contribution is 2.39. The molecule has 0 saturated heterocycles. The highest BCUT2D eigenvalue weighted by molar-refractivity contribution is 6.30. The number of nitrogens with two attached hydrogens (primary N) is 2. The van der Waals surface area contributed by atoms with Gasteiger partial charge in [-0.15, -0.1) is 0 Å². The molecule has 0 aliphatic carbocycles. The third-order valence-electron chi connectivity index (χ3n) is 12.5. The van der Waals surface area contributed by atoms with Crippen LogP contribution in [-0.2, 0) is 52.5 Å². The van der Waals surface area contributed by atoms with Crippen LogP contribution in [0, 0.1) is 11.6 Å². The second kappa shape index (κ2) is 34.9. The van der Waals surface area contributed by atoms with Crippen molar-refractivity contribution in [3.63, 3.8) is 0 Å². The molecule has 0 aliphatic heterocycles. The summed E-state index contributed by atoms with van der Waals surface area (Å²) in [5.74, 6) is -11.6. The fraction of sp³-hybridized carbons (Fsp3) is 0.422. The van der Waals surface area contributed by atoms with Crippen LogP contribution in [0.3, 0.4) is 0 Å². The van der Waals surface area contributed by atoms with E-state index in [0.717, 1.165) is 29.8 Å². The first-order valence-corrected chi connectivity index (χ1v) is 29.4. The maximum atomic E-state index is 14.9. The van der Waals surface area contributed by atoms with Gasteiger partial charge in [-0.2, -0.15) is 35.1 Å². The summed E-state index contributed by atoms with van der Waals surface area (Å²) in [7, 11) is 0. The van der Waals surface area contributed by atoms with Crippen molar-refractivity contribution in [1.29, 1.82) is 0 Å². The molecule has 0 bridgehead atoms. The van der Waals surface area contributed by atoms with Gasteiger partial charge in [0.1, 0.15) is 53.1 Å². The van der Waals surface area contributed by atoms with Crippen molar-refractivity contribution >= 4 is 41.2 Å². The Labute approximate surface area is 548 Å². The highest BCUT2D eigenvalue weighted by Gasteiger charge is 2.47. The third kappa shape index (κ3) is 27.6. The van der Waals surface area contributed by atoms with Crippen molar-refractivity contribution in [3.8, 4) is 11.5 Å². The van der Waals surface area contributed by atoms with E-state index in [0.29, 0.717) is 29.1 Å². The van der Waals surface area contributed by atoms with Gasteiger partial charge in [0.15, 0.2) is 0 Å². The number of halogens is 16. The van der Waals surface area contributed by atoms with Crippen LogP contribution in [0.2, 0.25) is 10.0 Å². The maximum absolute atomic E-state index is 14.9. The fourth-order valence-electron chi connectivity index (χ4n) is 8.36. The minimum absolute atomic E-state index is 0.0150. The maximum Gasteiger partial charge on any atom is 0.461 e. The monoisotopic (exact) mass is 1400 g/mol. The number of esters is 2. The number of urea groups is 1. The van der Waals surface area contributed by atoms with E-state index < -0.39 is 121 Å². The summed E-state index contributed by atoms with van der Waals surface area (Å²) in [6.07, 6.45) is -15.6. The fourth-order valence-corrected chi connectivity index (χ4v) is 8.58. The molecule has 522 valence electrons. The molecule has 0 radical (unpaired) electrons. The lowest BCUT2D eigenvalue weighted by molar-refractivity contribution is -0.253. The standard InChI is InChI=1S/C32H33ClF7N3O5.C21H16ClF5N2O.C11H21F2NO3/c1-29(2,3)48-26(44)11-12-46-19-30(37,38)18-42-28(45)43-31(16-20-7-5-4-6-8-20,25-10-9-22(33)17-41-25)21-13-23(34)15-24(14-21)47-32(39,40)27(35)36;22-15-6-7-18(29-12-15)20(28,11-13-4-2-1-3-5-13)14-8-16(23)10-17(9-14)30-21(26,27)19(24)25;1-10(2,3)17-9(15)5-4-6-16-8-11(12,13)7-14/h4-10,13-15,17,27H,11-12,16,18-19H2,1-3H3,(H2,42,43,45);1-10,12,19H,11,28H2;4-8,14H2,1-3H3/t31-;20-;/m00./s1. The Hall–Kier alpha value is -7.57. The predicted molar refractivity (Wildman–Crippen MR) is 323 cm³/mol. The average molecular weight is 1400 g/mol. The van der Waals surface area contributed by atoms with Crippen molar-refractivity contribution < 1.29 is 104 Å². The number of pyridine rings is 2. The zero-order valence-corrected chi connectivity index (χ0v) is 53.4. The van der Waals surface area contributed by atoms with Crippen molar-refractivity contribution in [3.05, 3.63) is 189 Å². The molecule has 0 spiro atoms. The molecule has 0 unspecified atom stereocenters. The lowest BCUT2D eigenvalue weighted by atomic mass is 9.80. The van der Waals surface area contributed by atoms with Crippen LogP contribution in [-0.4, -0.2) is 116 Å². The summed E-state index contributed by atoms with van der Waals surface area (Å²) in [4.78, 5) is 44.7.